The van der Waals surface area contributed by atoms with Gasteiger partial charge in [0.1, 0.15) is 6.04 Å². The summed E-state index contributed by atoms with van der Waals surface area (Å²) in [7, 11) is 0. The van der Waals surface area contributed by atoms with Crippen molar-refractivity contribution in [1.82, 2.24) is 5.32 Å². The Morgan fingerprint density at radius 2 is 1.55 bits per heavy atom. The smallest absolute Gasteiger partial charge is 0.325 e. The van der Waals surface area contributed by atoms with Gasteiger partial charge >= 0.3 is 5.97 Å². The van der Waals surface area contributed by atoms with Crippen molar-refractivity contribution >= 4 is 29.2 Å². The molecule has 172 valence electrons. The van der Waals surface area contributed by atoms with E-state index in [1.54, 1.807) is 0 Å². The van der Waals surface area contributed by atoms with Crippen molar-refractivity contribution in [1.29, 1.82) is 0 Å². The van der Waals surface area contributed by atoms with E-state index in [2.05, 4.69) is 29.7 Å². The van der Waals surface area contributed by atoms with Crippen molar-refractivity contribution < 1.29 is 14.7 Å². The Balaban J connectivity index is 1.84. The number of halogens is 1. The zero-order chi connectivity index (χ0) is 24.3. The molecule has 0 radical (unpaired) electrons. The Labute approximate surface area is 199 Å². The number of aryl methyl sites for hydroxylation is 3. The largest absolute Gasteiger partial charge is 0.480 e. The first kappa shape index (κ1) is 24.3. The summed E-state index contributed by atoms with van der Waals surface area (Å²) in [5.41, 5.74) is 7.30. The highest BCUT2D eigenvalue weighted by molar-refractivity contribution is 6.31. The lowest BCUT2D eigenvalue weighted by atomic mass is 9.94. The van der Waals surface area contributed by atoms with E-state index in [9.17, 15) is 9.59 Å². The highest BCUT2D eigenvalue weighted by Gasteiger charge is 2.19. The molecule has 33 heavy (non-hydrogen) atoms. The molecule has 1 unspecified atom stereocenters. The molecule has 0 heterocycles. The van der Waals surface area contributed by atoms with E-state index in [0.717, 1.165) is 44.1 Å². The molecular weight excluding hydrogens is 436 g/mol. The number of carbonyl (C=O) groups excluding carboxylic acids is 1. The van der Waals surface area contributed by atoms with Gasteiger partial charge in [-0.2, -0.15) is 0 Å². The van der Waals surface area contributed by atoms with Crippen molar-refractivity contribution in [2.75, 3.05) is 5.32 Å². The summed E-state index contributed by atoms with van der Waals surface area (Å²) in [4.78, 5) is 23.7. The fourth-order valence-electron chi connectivity index (χ4n) is 3.88. The van der Waals surface area contributed by atoms with Gasteiger partial charge in [-0.1, -0.05) is 48.0 Å². The normalized spacial score (nSPS) is 12.7. The maximum absolute atomic E-state index is 12.6. The average molecular weight is 465 g/mol. The predicted molar refractivity (Wildman–Crippen MR) is 134 cm³/mol. The molecule has 2 atom stereocenters. The zero-order valence-electron chi connectivity index (χ0n) is 19.5. The van der Waals surface area contributed by atoms with Crippen LogP contribution in [0.15, 0.2) is 54.6 Å². The van der Waals surface area contributed by atoms with Crippen LogP contribution in [0.25, 0.3) is 11.1 Å². The Hall–Kier alpha value is -3.31. The van der Waals surface area contributed by atoms with Gasteiger partial charge in [0, 0.05) is 22.3 Å². The summed E-state index contributed by atoms with van der Waals surface area (Å²) in [5.74, 6) is -1.45. The predicted octanol–water partition coefficient (Wildman–Crippen LogP) is 6.31. The van der Waals surface area contributed by atoms with E-state index < -0.39 is 12.0 Å². The van der Waals surface area contributed by atoms with Gasteiger partial charge in [-0.3, -0.25) is 9.59 Å². The second-order valence-electron chi connectivity index (χ2n) is 8.47. The minimum atomic E-state index is -1.07. The summed E-state index contributed by atoms with van der Waals surface area (Å²) in [6, 6.07) is 17.2. The van der Waals surface area contributed by atoms with E-state index in [0.29, 0.717) is 5.56 Å². The first-order valence-electron chi connectivity index (χ1n) is 10.8. The Morgan fingerprint density at radius 1 is 0.879 bits per heavy atom. The molecule has 0 saturated heterocycles. The lowest BCUT2D eigenvalue weighted by Crippen LogP contribution is -2.38. The number of amides is 1. The molecule has 0 fully saturated rings. The van der Waals surface area contributed by atoms with Crippen LogP contribution in [0.5, 0.6) is 0 Å². The number of carboxylic acids is 1. The quantitative estimate of drug-likeness (QED) is 0.383. The fraction of sp³-hybridized carbons (Fsp3) is 0.259. The third-order valence-electron chi connectivity index (χ3n) is 5.74. The summed E-state index contributed by atoms with van der Waals surface area (Å²) in [6.45, 7) is 9.28. The molecule has 0 aromatic heterocycles. The molecule has 0 saturated carbocycles. The molecule has 0 spiro atoms. The molecular formula is C27H29ClN2O3. The average Bonchev–Trinajstić information content (AvgIpc) is 2.75. The molecule has 3 aromatic rings. The van der Waals surface area contributed by atoms with Crippen LogP contribution < -0.4 is 10.6 Å². The molecule has 6 heteroatoms. The molecule has 0 aliphatic rings. The summed E-state index contributed by atoms with van der Waals surface area (Å²) in [5, 5.41) is 15.9. The zero-order valence-corrected chi connectivity index (χ0v) is 20.2. The van der Waals surface area contributed by atoms with Gasteiger partial charge in [0.05, 0.1) is 0 Å². The number of anilines is 1. The summed E-state index contributed by atoms with van der Waals surface area (Å²) < 4.78 is 0. The fourth-order valence-corrected chi connectivity index (χ4v) is 4.00. The molecule has 5 nitrogen and oxygen atoms in total. The molecule has 3 rings (SSSR count). The van der Waals surface area contributed by atoms with Crippen LogP contribution in [-0.2, 0) is 4.79 Å². The van der Waals surface area contributed by atoms with Crippen molar-refractivity contribution in [3.05, 3.63) is 87.4 Å². The van der Waals surface area contributed by atoms with E-state index in [1.165, 1.54) is 6.92 Å². The van der Waals surface area contributed by atoms with Gasteiger partial charge in [-0.25, -0.2) is 0 Å². The van der Waals surface area contributed by atoms with Gasteiger partial charge in [-0.05, 0) is 86.2 Å². The highest BCUT2D eigenvalue weighted by atomic mass is 35.5. The van der Waals surface area contributed by atoms with Gasteiger partial charge in [0.15, 0.2) is 0 Å². The van der Waals surface area contributed by atoms with Gasteiger partial charge < -0.3 is 15.7 Å². The summed E-state index contributed by atoms with van der Waals surface area (Å²) in [6.07, 6.45) is 0. The Kier molecular flexibility index (Phi) is 7.44. The minimum absolute atomic E-state index is 0.0991. The number of nitrogens with one attached hydrogen (secondary N) is 2. The monoisotopic (exact) mass is 464 g/mol. The molecule has 1 amide bonds. The molecule has 0 aliphatic carbocycles. The van der Waals surface area contributed by atoms with Crippen molar-refractivity contribution in [3.8, 4) is 11.1 Å². The Bertz CT molecular complexity index is 1180. The molecule has 3 aromatic carbocycles. The van der Waals surface area contributed by atoms with E-state index in [1.807, 2.05) is 63.2 Å². The first-order chi connectivity index (χ1) is 15.6. The van der Waals surface area contributed by atoms with Crippen LogP contribution in [0.2, 0.25) is 5.02 Å². The Morgan fingerprint density at radius 3 is 2.15 bits per heavy atom. The van der Waals surface area contributed by atoms with Crippen LogP contribution in [0.4, 0.5) is 5.69 Å². The van der Waals surface area contributed by atoms with Gasteiger partial charge in [-0.15, -0.1) is 0 Å². The topological polar surface area (TPSA) is 78.4 Å². The van der Waals surface area contributed by atoms with Crippen LogP contribution >= 0.6 is 11.6 Å². The third kappa shape index (κ3) is 5.74. The van der Waals surface area contributed by atoms with E-state index in [4.69, 9.17) is 16.7 Å². The lowest BCUT2D eigenvalue weighted by Gasteiger charge is -2.18. The second kappa shape index (κ2) is 10.1. The van der Waals surface area contributed by atoms with E-state index >= 15 is 0 Å². The second-order valence-corrected chi connectivity index (χ2v) is 8.88. The van der Waals surface area contributed by atoms with Crippen molar-refractivity contribution in [3.63, 3.8) is 0 Å². The molecule has 0 aliphatic heterocycles. The minimum Gasteiger partial charge on any atom is -0.480 e. The highest BCUT2D eigenvalue weighted by Crippen LogP contribution is 2.29. The first-order valence-corrected chi connectivity index (χ1v) is 11.2. The number of carbonyl (C=O) groups is 2. The third-order valence-corrected chi connectivity index (χ3v) is 6.16. The number of rotatable bonds is 7. The number of aliphatic carboxylic acids is 1. The van der Waals surface area contributed by atoms with Crippen molar-refractivity contribution in [2.45, 2.75) is 46.7 Å². The number of carboxylic acid groups (broad SMARTS) is 1. The maximum Gasteiger partial charge on any atom is 0.325 e. The lowest BCUT2D eigenvalue weighted by molar-refractivity contribution is -0.138. The van der Waals surface area contributed by atoms with E-state index in [-0.39, 0.29) is 11.9 Å². The van der Waals surface area contributed by atoms with Crippen LogP contribution in [0.1, 0.15) is 52.5 Å². The SMILES string of the molecule is Cc1cc(C(C)Nc2cccc(-c3cc(C)c(C(=O)N[C@@H](C)C(=O)O)c(C)c3)c2)ccc1Cl. The number of hydrogen-bond acceptors (Lipinski definition) is 3. The molecule has 3 N–H and O–H groups in total. The number of hydrogen-bond donors (Lipinski definition) is 3. The van der Waals surface area contributed by atoms with Gasteiger partial charge in [0.2, 0.25) is 0 Å². The molecule has 0 bridgehead atoms. The standard InChI is InChI=1S/C27H29ClN2O3/c1-15-11-20(9-10-24(15)28)18(4)29-23-8-6-7-21(14-23)22-12-16(2)25(17(3)13-22)26(31)30-19(5)27(32)33/h6-14,18-19,29H,1-5H3,(H,30,31)(H,32,33)/t18?,19-/m0/s1. The number of benzene rings is 3. The summed E-state index contributed by atoms with van der Waals surface area (Å²) >= 11 is 6.16. The van der Waals surface area contributed by atoms with Crippen LogP contribution in [-0.4, -0.2) is 23.0 Å². The van der Waals surface area contributed by atoms with Crippen LogP contribution in [0, 0.1) is 20.8 Å². The van der Waals surface area contributed by atoms with Crippen molar-refractivity contribution in [2.24, 2.45) is 0 Å². The van der Waals surface area contributed by atoms with Gasteiger partial charge in [0.25, 0.3) is 5.91 Å². The van der Waals surface area contributed by atoms with Crippen LogP contribution in [0.3, 0.4) is 0 Å². The maximum atomic E-state index is 12.6.